The van der Waals surface area contributed by atoms with Crippen LogP contribution in [0, 0.1) is 0 Å². The number of rotatable bonds is 4. The monoisotopic (exact) mass is 268 g/mol. The molecule has 1 aromatic rings. The van der Waals surface area contributed by atoms with E-state index in [-0.39, 0.29) is 5.91 Å². The summed E-state index contributed by atoms with van der Waals surface area (Å²) in [4.78, 5) is 11.6. The van der Waals surface area contributed by atoms with Crippen molar-refractivity contribution in [1.29, 1.82) is 0 Å². The predicted octanol–water partition coefficient (Wildman–Crippen LogP) is 2.96. The van der Waals surface area contributed by atoms with Crippen LogP contribution in [0.3, 0.4) is 0 Å². The van der Waals surface area contributed by atoms with E-state index in [9.17, 15) is 4.79 Å². The Labute approximate surface area is 97.7 Å². The van der Waals surface area contributed by atoms with Crippen molar-refractivity contribution in [1.82, 2.24) is 5.43 Å². The minimum absolute atomic E-state index is 0.199. The molecule has 0 aromatic heterocycles. The van der Waals surface area contributed by atoms with Gasteiger partial charge in [-0.3, -0.25) is 4.79 Å². The summed E-state index contributed by atoms with van der Waals surface area (Å²) in [7, 11) is 0. The average Bonchev–Trinajstić information content (AvgIpc) is 2.25. The predicted molar refractivity (Wildman–Crippen MR) is 65.0 cm³/mol. The van der Waals surface area contributed by atoms with Crippen molar-refractivity contribution in [3.63, 3.8) is 0 Å². The van der Waals surface area contributed by atoms with Gasteiger partial charge in [0, 0.05) is 10.7 Å². The lowest BCUT2D eigenvalue weighted by atomic mass is 10.2. The first-order valence-corrected chi connectivity index (χ1v) is 5.61. The van der Waals surface area contributed by atoms with Gasteiger partial charge in [-0.2, -0.15) is 5.10 Å². The Hall–Kier alpha value is -1.16. The number of benzene rings is 1. The maximum atomic E-state index is 11.6. The minimum atomic E-state index is -0.199. The summed E-state index contributed by atoms with van der Waals surface area (Å²) in [6, 6.07) is 7.25. The third kappa shape index (κ3) is 3.83. The number of hydrazone groups is 1. The molecule has 0 bridgehead atoms. The number of halogens is 1. The highest BCUT2D eigenvalue weighted by molar-refractivity contribution is 9.10. The normalized spacial score (nSPS) is 10.5. The van der Waals surface area contributed by atoms with Crippen molar-refractivity contribution in [3.05, 3.63) is 34.3 Å². The largest absolute Gasteiger partial charge is 0.272 e. The summed E-state index contributed by atoms with van der Waals surface area (Å²) in [5, 5.41) is 3.83. The van der Waals surface area contributed by atoms with Gasteiger partial charge in [-0.25, -0.2) is 5.43 Å². The second-order valence-corrected chi connectivity index (χ2v) is 3.88. The maximum absolute atomic E-state index is 11.6. The molecule has 0 aliphatic carbocycles. The Balaban J connectivity index is 2.58. The fraction of sp³-hybridized carbons (Fsp3) is 0.273. The summed E-state index contributed by atoms with van der Waals surface area (Å²) in [6.07, 6.45) is 3.60. The van der Waals surface area contributed by atoms with E-state index in [2.05, 4.69) is 33.4 Å². The first-order chi connectivity index (χ1) is 7.25. The Bertz CT molecular complexity index is 363. The molecule has 0 saturated carbocycles. The first-order valence-electron chi connectivity index (χ1n) is 4.82. The molecule has 15 heavy (non-hydrogen) atoms. The lowest BCUT2D eigenvalue weighted by molar-refractivity contribution is 0.0954. The smallest absolute Gasteiger partial charge is 0.267 e. The summed E-state index contributed by atoms with van der Waals surface area (Å²) in [5.41, 5.74) is 3.06. The molecule has 0 fully saturated rings. The summed E-state index contributed by atoms with van der Waals surface area (Å²) >= 11 is 3.31. The van der Waals surface area contributed by atoms with E-state index < -0.39 is 0 Å². The lowest BCUT2D eigenvalue weighted by Crippen LogP contribution is -2.17. The molecule has 0 atom stereocenters. The van der Waals surface area contributed by atoms with Crippen LogP contribution in [0.25, 0.3) is 0 Å². The molecule has 1 aromatic carbocycles. The Morgan fingerprint density at radius 3 is 2.93 bits per heavy atom. The van der Waals surface area contributed by atoms with Gasteiger partial charge in [0.15, 0.2) is 0 Å². The van der Waals surface area contributed by atoms with Gasteiger partial charge in [-0.15, -0.1) is 0 Å². The molecule has 0 saturated heterocycles. The molecular formula is C11H13BrN2O. The Morgan fingerprint density at radius 1 is 1.53 bits per heavy atom. The maximum Gasteiger partial charge on any atom is 0.272 e. The van der Waals surface area contributed by atoms with Crippen LogP contribution in [0.5, 0.6) is 0 Å². The van der Waals surface area contributed by atoms with Gasteiger partial charge in [0.05, 0.1) is 5.56 Å². The van der Waals surface area contributed by atoms with Crippen LogP contribution < -0.4 is 5.43 Å². The third-order valence-electron chi connectivity index (χ3n) is 1.79. The number of nitrogens with one attached hydrogen (secondary N) is 1. The van der Waals surface area contributed by atoms with Crippen molar-refractivity contribution >= 4 is 28.1 Å². The molecule has 0 radical (unpaired) electrons. The zero-order chi connectivity index (χ0) is 11.1. The van der Waals surface area contributed by atoms with E-state index >= 15 is 0 Å². The highest BCUT2D eigenvalue weighted by atomic mass is 79.9. The third-order valence-corrected chi connectivity index (χ3v) is 2.49. The number of carbonyl (C=O) groups excluding carboxylic acids is 1. The van der Waals surface area contributed by atoms with E-state index in [0.717, 1.165) is 17.3 Å². The molecule has 80 valence electrons. The lowest BCUT2D eigenvalue weighted by Gasteiger charge is -2.01. The van der Waals surface area contributed by atoms with Crippen LogP contribution in [0.4, 0.5) is 0 Å². The van der Waals surface area contributed by atoms with Crippen LogP contribution in [-0.2, 0) is 0 Å². The summed E-state index contributed by atoms with van der Waals surface area (Å²) < 4.78 is 0.771. The highest BCUT2D eigenvalue weighted by Crippen LogP contribution is 2.15. The number of hydrogen-bond acceptors (Lipinski definition) is 2. The molecular weight excluding hydrogens is 256 g/mol. The van der Waals surface area contributed by atoms with Gasteiger partial charge in [0.2, 0.25) is 0 Å². The molecule has 0 unspecified atom stereocenters. The van der Waals surface area contributed by atoms with Gasteiger partial charge in [0.1, 0.15) is 0 Å². The first kappa shape index (κ1) is 11.9. The molecule has 3 nitrogen and oxygen atoms in total. The van der Waals surface area contributed by atoms with Crippen LogP contribution in [-0.4, -0.2) is 12.1 Å². The number of amides is 1. The fourth-order valence-electron chi connectivity index (χ4n) is 1.00. The zero-order valence-electron chi connectivity index (χ0n) is 8.53. The molecule has 1 N–H and O–H groups in total. The van der Waals surface area contributed by atoms with E-state index in [4.69, 9.17) is 0 Å². The van der Waals surface area contributed by atoms with Gasteiger partial charge < -0.3 is 0 Å². The van der Waals surface area contributed by atoms with E-state index in [1.54, 1.807) is 12.3 Å². The second kappa shape index (κ2) is 6.35. The molecule has 1 rings (SSSR count). The standard InChI is InChI=1S/C11H13BrN2O/c1-2-3-8-13-14-11(15)9-6-4-5-7-10(9)12/h4-8H,2-3H2,1H3,(H,14,15)/b13-8-. The second-order valence-electron chi connectivity index (χ2n) is 3.02. The molecule has 0 aliphatic rings. The van der Waals surface area contributed by atoms with Crippen molar-refractivity contribution in [2.75, 3.05) is 0 Å². The van der Waals surface area contributed by atoms with Gasteiger partial charge in [-0.1, -0.05) is 25.5 Å². The van der Waals surface area contributed by atoms with Gasteiger partial charge in [-0.05, 0) is 34.5 Å². The van der Waals surface area contributed by atoms with Crippen molar-refractivity contribution in [3.8, 4) is 0 Å². The van der Waals surface area contributed by atoms with Crippen LogP contribution >= 0.6 is 15.9 Å². The fourth-order valence-corrected chi connectivity index (χ4v) is 1.47. The van der Waals surface area contributed by atoms with E-state index in [1.807, 2.05) is 18.2 Å². The van der Waals surface area contributed by atoms with Gasteiger partial charge in [0.25, 0.3) is 5.91 Å². The quantitative estimate of drug-likeness (QED) is 0.662. The average molecular weight is 269 g/mol. The summed E-state index contributed by atoms with van der Waals surface area (Å²) in [5.74, 6) is -0.199. The zero-order valence-corrected chi connectivity index (χ0v) is 10.1. The molecule has 1 amide bonds. The molecule has 4 heteroatoms. The number of carbonyl (C=O) groups is 1. The number of hydrogen-bond donors (Lipinski definition) is 1. The molecule has 0 spiro atoms. The minimum Gasteiger partial charge on any atom is -0.267 e. The highest BCUT2D eigenvalue weighted by Gasteiger charge is 2.06. The van der Waals surface area contributed by atoms with Crippen molar-refractivity contribution in [2.45, 2.75) is 19.8 Å². The number of nitrogens with zero attached hydrogens (tertiary/aromatic N) is 1. The topological polar surface area (TPSA) is 41.5 Å². The van der Waals surface area contributed by atoms with Crippen LogP contribution in [0.1, 0.15) is 30.1 Å². The van der Waals surface area contributed by atoms with Crippen LogP contribution in [0.15, 0.2) is 33.8 Å². The van der Waals surface area contributed by atoms with Crippen molar-refractivity contribution < 1.29 is 4.79 Å². The van der Waals surface area contributed by atoms with Crippen LogP contribution in [0.2, 0.25) is 0 Å². The SMILES string of the molecule is CCC/C=N\NC(=O)c1ccccc1Br. The van der Waals surface area contributed by atoms with E-state index in [0.29, 0.717) is 5.56 Å². The molecule has 0 heterocycles. The Morgan fingerprint density at radius 2 is 2.27 bits per heavy atom. The van der Waals surface area contributed by atoms with Gasteiger partial charge >= 0.3 is 0 Å². The van der Waals surface area contributed by atoms with E-state index in [1.165, 1.54) is 0 Å². The Kier molecular flexibility index (Phi) is 5.04. The number of unbranched alkanes of at least 4 members (excludes halogenated alkanes) is 1. The molecule has 0 aliphatic heterocycles. The summed E-state index contributed by atoms with van der Waals surface area (Å²) in [6.45, 7) is 2.06. The van der Waals surface area contributed by atoms with Crippen molar-refractivity contribution in [2.24, 2.45) is 5.10 Å².